The van der Waals surface area contributed by atoms with E-state index < -0.39 is 10.0 Å². The van der Waals surface area contributed by atoms with Gasteiger partial charge in [-0.25, -0.2) is 13.1 Å². The molecule has 3 nitrogen and oxygen atoms in total. The molecule has 0 atom stereocenters. The Morgan fingerprint density at radius 2 is 1.88 bits per heavy atom. The fraction of sp³-hybridized carbons (Fsp3) is 0.500. The first-order valence-electron chi connectivity index (χ1n) is 5.34. The molecule has 0 saturated carbocycles. The highest BCUT2D eigenvalue weighted by Crippen LogP contribution is 2.24. The molecule has 0 aromatic carbocycles. The molecular weight excluding hydrogens is 222 g/mol. The van der Waals surface area contributed by atoms with E-state index in [1.165, 1.54) is 0 Å². The summed E-state index contributed by atoms with van der Waals surface area (Å²) in [6, 6.07) is -0.0976. The van der Waals surface area contributed by atoms with E-state index in [4.69, 9.17) is 0 Å². The van der Waals surface area contributed by atoms with Gasteiger partial charge in [-0.15, -0.1) is 0 Å². The van der Waals surface area contributed by atoms with Crippen LogP contribution in [0.25, 0.3) is 0 Å². The minimum absolute atomic E-state index is 0.0976. The Morgan fingerprint density at radius 3 is 2.44 bits per heavy atom. The van der Waals surface area contributed by atoms with Gasteiger partial charge in [0.2, 0.25) is 10.0 Å². The molecule has 0 radical (unpaired) electrons. The molecule has 4 heteroatoms. The second-order valence-electron chi connectivity index (χ2n) is 4.86. The highest BCUT2D eigenvalue weighted by molar-refractivity contribution is 7.93. The molecular formula is C12H19NO2S. The lowest BCUT2D eigenvalue weighted by Gasteiger charge is -2.13. The van der Waals surface area contributed by atoms with Crippen LogP contribution in [0.4, 0.5) is 0 Å². The molecule has 0 aromatic rings. The Kier molecular flexibility index (Phi) is 3.76. The molecule has 0 aromatic heterocycles. The summed E-state index contributed by atoms with van der Waals surface area (Å²) in [6.07, 6.45) is 8.93. The van der Waals surface area contributed by atoms with Gasteiger partial charge >= 0.3 is 0 Å². The van der Waals surface area contributed by atoms with Crippen LogP contribution in [-0.2, 0) is 10.0 Å². The van der Waals surface area contributed by atoms with Crippen molar-refractivity contribution < 1.29 is 8.42 Å². The van der Waals surface area contributed by atoms with Gasteiger partial charge in [-0.3, -0.25) is 0 Å². The maximum absolute atomic E-state index is 11.9. The highest BCUT2D eigenvalue weighted by atomic mass is 32.2. The van der Waals surface area contributed by atoms with Crippen LogP contribution in [0.3, 0.4) is 0 Å². The van der Waals surface area contributed by atoms with Crippen LogP contribution < -0.4 is 4.72 Å². The first kappa shape index (κ1) is 13.2. The Bertz CT molecular complexity index is 440. The van der Waals surface area contributed by atoms with Gasteiger partial charge in [0.25, 0.3) is 0 Å². The smallest absolute Gasteiger partial charge is 0.209 e. The lowest BCUT2D eigenvalue weighted by Crippen LogP contribution is -2.30. The largest absolute Gasteiger partial charge is 0.240 e. The van der Waals surface area contributed by atoms with Crippen molar-refractivity contribution in [3.8, 4) is 0 Å². The van der Waals surface area contributed by atoms with E-state index in [0.717, 1.165) is 0 Å². The quantitative estimate of drug-likeness (QED) is 0.824. The average molecular weight is 241 g/mol. The lowest BCUT2D eigenvalue weighted by atomic mass is 9.93. The normalized spacial score (nSPS) is 19.7. The molecule has 16 heavy (non-hydrogen) atoms. The Labute approximate surface area is 98.0 Å². The third-order valence-electron chi connectivity index (χ3n) is 2.16. The summed E-state index contributed by atoms with van der Waals surface area (Å²) in [6.45, 7) is 7.66. The Hall–Kier alpha value is -0.870. The van der Waals surface area contributed by atoms with Gasteiger partial charge < -0.3 is 0 Å². The summed E-state index contributed by atoms with van der Waals surface area (Å²) in [5, 5.41) is 0. The van der Waals surface area contributed by atoms with Crippen molar-refractivity contribution in [1.82, 2.24) is 4.72 Å². The van der Waals surface area contributed by atoms with Crippen molar-refractivity contribution in [2.75, 3.05) is 0 Å². The van der Waals surface area contributed by atoms with Crippen LogP contribution in [0.2, 0.25) is 0 Å². The molecule has 0 aliphatic heterocycles. The summed E-state index contributed by atoms with van der Waals surface area (Å²) in [5.74, 6) is 0. The van der Waals surface area contributed by atoms with Crippen molar-refractivity contribution in [3.05, 3.63) is 35.3 Å². The van der Waals surface area contributed by atoms with Crippen LogP contribution >= 0.6 is 0 Å². The zero-order chi connectivity index (χ0) is 12.4. The van der Waals surface area contributed by atoms with Gasteiger partial charge in [-0.05, 0) is 26.0 Å². The van der Waals surface area contributed by atoms with E-state index in [2.05, 4.69) is 4.72 Å². The number of nitrogens with one attached hydrogen (secondary N) is 1. The lowest BCUT2D eigenvalue weighted by molar-refractivity contribution is 0.577. The summed E-state index contributed by atoms with van der Waals surface area (Å²) in [7, 11) is -3.38. The van der Waals surface area contributed by atoms with Gasteiger partial charge in [0.15, 0.2) is 0 Å². The average Bonchev–Trinajstić information content (AvgIpc) is 2.24. The molecule has 0 fully saturated rings. The first-order valence-corrected chi connectivity index (χ1v) is 6.82. The van der Waals surface area contributed by atoms with Crippen molar-refractivity contribution in [2.24, 2.45) is 5.41 Å². The van der Waals surface area contributed by atoms with Crippen LogP contribution in [0.15, 0.2) is 35.3 Å². The van der Waals surface area contributed by atoms with Crippen molar-refractivity contribution in [2.45, 2.75) is 33.7 Å². The maximum Gasteiger partial charge on any atom is 0.240 e. The first-order chi connectivity index (χ1) is 7.23. The fourth-order valence-corrected chi connectivity index (χ4v) is 2.62. The summed E-state index contributed by atoms with van der Waals surface area (Å²) in [4.78, 5) is 0.308. The Balaban J connectivity index is 3.00. The van der Waals surface area contributed by atoms with E-state index in [1.807, 2.05) is 26.0 Å². The van der Waals surface area contributed by atoms with Crippen molar-refractivity contribution >= 4 is 10.0 Å². The predicted molar refractivity (Wildman–Crippen MR) is 67.3 cm³/mol. The molecule has 0 spiro atoms. The molecule has 0 heterocycles. The minimum Gasteiger partial charge on any atom is -0.209 e. The molecule has 90 valence electrons. The predicted octanol–water partition coefficient (Wildman–Crippen LogP) is 2.35. The zero-order valence-electron chi connectivity index (χ0n) is 10.2. The van der Waals surface area contributed by atoms with Gasteiger partial charge in [0, 0.05) is 11.5 Å². The zero-order valence-corrected chi connectivity index (χ0v) is 11.0. The molecule has 0 unspecified atom stereocenters. The topological polar surface area (TPSA) is 46.2 Å². The molecule has 1 rings (SSSR count). The van der Waals surface area contributed by atoms with Crippen molar-refractivity contribution in [3.63, 3.8) is 0 Å². The number of allylic oxidation sites excluding steroid dienone is 5. The molecule has 1 aliphatic rings. The van der Waals surface area contributed by atoms with Crippen LogP contribution in [-0.4, -0.2) is 14.5 Å². The third kappa shape index (κ3) is 3.61. The number of rotatable bonds is 3. The Morgan fingerprint density at radius 1 is 1.25 bits per heavy atom. The standard InChI is InChI=1S/C12H19NO2S/c1-10(2)13-16(14,15)11-6-5-8-12(3,4)9-7-11/h5-10,13H,1-4H3. The fourth-order valence-electron chi connectivity index (χ4n) is 1.36. The van der Waals surface area contributed by atoms with E-state index >= 15 is 0 Å². The highest BCUT2D eigenvalue weighted by Gasteiger charge is 2.19. The van der Waals surface area contributed by atoms with E-state index in [9.17, 15) is 8.42 Å². The maximum atomic E-state index is 11.9. The monoisotopic (exact) mass is 241 g/mol. The van der Waals surface area contributed by atoms with E-state index in [-0.39, 0.29) is 11.5 Å². The SMILES string of the molecule is CC(C)NS(=O)(=O)C1=CC=CC(C)(C)C=C1. The summed E-state index contributed by atoms with van der Waals surface area (Å²) in [5.41, 5.74) is -0.106. The molecule has 0 amide bonds. The van der Waals surface area contributed by atoms with E-state index in [0.29, 0.717) is 4.91 Å². The third-order valence-corrected chi connectivity index (χ3v) is 3.84. The van der Waals surface area contributed by atoms with Crippen molar-refractivity contribution in [1.29, 1.82) is 0 Å². The van der Waals surface area contributed by atoms with Gasteiger partial charge in [-0.2, -0.15) is 0 Å². The second-order valence-corrected chi connectivity index (χ2v) is 6.57. The molecule has 1 aliphatic carbocycles. The van der Waals surface area contributed by atoms with E-state index in [1.54, 1.807) is 32.1 Å². The van der Waals surface area contributed by atoms with Gasteiger partial charge in [0.05, 0.1) is 4.91 Å². The minimum atomic E-state index is -3.38. The number of hydrogen-bond acceptors (Lipinski definition) is 2. The van der Waals surface area contributed by atoms with Gasteiger partial charge in [-0.1, -0.05) is 32.1 Å². The number of sulfonamides is 1. The number of hydrogen-bond donors (Lipinski definition) is 1. The van der Waals surface area contributed by atoms with Crippen LogP contribution in [0.5, 0.6) is 0 Å². The van der Waals surface area contributed by atoms with Gasteiger partial charge in [0.1, 0.15) is 0 Å². The van der Waals surface area contributed by atoms with Crippen LogP contribution in [0.1, 0.15) is 27.7 Å². The second kappa shape index (κ2) is 4.55. The summed E-state index contributed by atoms with van der Waals surface area (Å²) < 4.78 is 26.4. The molecule has 0 saturated heterocycles. The van der Waals surface area contributed by atoms with Crippen LogP contribution in [0, 0.1) is 5.41 Å². The summed E-state index contributed by atoms with van der Waals surface area (Å²) >= 11 is 0. The molecule has 1 N–H and O–H groups in total. The molecule has 0 bridgehead atoms.